The number of fused-ring (bicyclic) bond motifs is 2. The van der Waals surface area contributed by atoms with E-state index in [0.29, 0.717) is 19.3 Å². The predicted octanol–water partition coefficient (Wildman–Crippen LogP) is 3.85. The molecular formula is C20H23NO2. The normalized spacial score (nSPS) is 21.9. The zero-order valence-electron chi connectivity index (χ0n) is 13.6. The Morgan fingerprint density at radius 2 is 1.70 bits per heavy atom. The third kappa shape index (κ3) is 2.59. The number of nitrogens with zero attached hydrogens (tertiary/aromatic N) is 1. The van der Waals surface area contributed by atoms with E-state index in [1.165, 1.54) is 16.7 Å². The molecule has 120 valence electrons. The van der Waals surface area contributed by atoms with Gasteiger partial charge < -0.3 is 9.47 Å². The number of hydrogen-bond acceptors (Lipinski definition) is 3. The van der Waals surface area contributed by atoms with E-state index >= 15 is 0 Å². The standard InChI is InChI=1S/C20H23NO2/c1-2-21(15-16-8-4-3-5-9-16)19-14-20(22-12-13-23-20)18-11-7-6-10-17(18)19/h3-11,19H,2,12-15H2,1H3. The third-order valence-electron chi connectivity index (χ3n) is 5.02. The first-order valence-electron chi connectivity index (χ1n) is 8.48. The molecule has 1 aliphatic carbocycles. The van der Waals surface area contributed by atoms with Crippen molar-refractivity contribution in [3.8, 4) is 0 Å². The number of rotatable bonds is 4. The lowest BCUT2D eigenvalue weighted by Gasteiger charge is -2.29. The average Bonchev–Trinajstić information content (AvgIpc) is 3.21. The van der Waals surface area contributed by atoms with Crippen LogP contribution in [-0.2, 0) is 21.8 Å². The van der Waals surface area contributed by atoms with E-state index in [-0.39, 0.29) is 0 Å². The summed E-state index contributed by atoms with van der Waals surface area (Å²) in [6.07, 6.45) is 0.882. The lowest BCUT2D eigenvalue weighted by Crippen LogP contribution is -2.30. The summed E-state index contributed by atoms with van der Waals surface area (Å²) in [5.74, 6) is -0.522. The van der Waals surface area contributed by atoms with Crippen LogP contribution in [0.15, 0.2) is 54.6 Å². The maximum atomic E-state index is 6.05. The average molecular weight is 309 g/mol. The minimum Gasteiger partial charge on any atom is -0.343 e. The first-order valence-corrected chi connectivity index (χ1v) is 8.48. The highest BCUT2D eigenvalue weighted by molar-refractivity contribution is 5.39. The highest BCUT2D eigenvalue weighted by Gasteiger charge is 2.49. The van der Waals surface area contributed by atoms with Gasteiger partial charge in [-0.3, -0.25) is 4.90 Å². The summed E-state index contributed by atoms with van der Waals surface area (Å²) >= 11 is 0. The summed E-state index contributed by atoms with van der Waals surface area (Å²) in [6, 6.07) is 19.6. The first-order chi connectivity index (χ1) is 11.3. The van der Waals surface area contributed by atoms with Crippen LogP contribution in [0.25, 0.3) is 0 Å². The van der Waals surface area contributed by atoms with E-state index in [0.717, 1.165) is 19.5 Å². The van der Waals surface area contributed by atoms with Gasteiger partial charge in [-0.2, -0.15) is 0 Å². The molecule has 0 N–H and O–H groups in total. The minimum atomic E-state index is -0.522. The lowest BCUT2D eigenvalue weighted by molar-refractivity contribution is -0.171. The summed E-state index contributed by atoms with van der Waals surface area (Å²) in [6.45, 7) is 5.56. The van der Waals surface area contributed by atoms with Crippen molar-refractivity contribution in [3.63, 3.8) is 0 Å². The van der Waals surface area contributed by atoms with Crippen molar-refractivity contribution in [3.05, 3.63) is 71.3 Å². The van der Waals surface area contributed by atoms with E-state index in [9.17, 15) is 0 Å². The van der Waals surface area contributed by atoms with Crippen LogP contribution in [0.1, 0.15) is 36.1 Å². The van der Waals surface area contributed by atoms with Crippen LogP contribution >= 0.6 is 0 Å². The summed E-state index contributed by atoms with van der Waals surface area (Å²) in [7, 11) is 0. The fraction of sp³-hybridized carbons (Fsp3) is 0.400. The maximum Gasteiger partial charge on any atom is 0.197 e. The molecule has 2 aromatic rings. The second-order valence-electron chi connectivity index (χ2n) is 6.31. The molecule has 0 saturated carbocycles. The number of ether oxygens (including phenoxy) is 2. The Kier molecular flexibility index (Phi) is 3.93. The van der Waals surface area contributed by atoms with Crippen LogP contribution in [0.2, 0.25) is 0 Å². The zero-order chi connectivity index (χ0) is 15.7. The SMILES string of the molecule is CCN(Cc1ccccc1)C1CC2(OCCO2)c2ccccc21. The Hall–Kier alpha value is -1.68. The van der Waals surface area contributed by atoms with Crippen LogP contribution < -0.4 is 0 Å². The highest BCUT2D eigenvalue weighted by atomic mass is 16.7. The van der Waals surface area contributed by atoms with Crippen LogP contribution in [0.5, 0.6) is 0 Å². The molecule has 1 aliphatic heterocycles. The molecule has 0 bridgehead atoms. The molecule has 1 fully saturated rings. The Bertz CT molecular complexity index is 664. The van der Waals surface area contributed by atoms with Crippen LogP contribution in [0.3, 0.4) is 0 Å². The van der Waals surface area contributed by atoms with Gasteiger partial charge in [-0.1, -0.05) is 61.5 Å². The van der Waals surface area contributed by atoms with Gasteiger partial charge in [0.15, 0.2) is 5.79 Å². The van der Waals surface area contributed by atoms with E-state index in [1.807, 2.05) is 0 Å². The van der Waals surface area contributed by atoms with Crippen molar-refractivity contribution in [2.24, 2.45) is 0 Å². The first kappa shape index (κ1) is 14.9. The van der Waals surface area contributed by atoms with E-state index in [1.54, 1.807) is 0 Å². The largest absolute Gasteiger partial charge is 0.343 e. The molecule has 3 heteroatoms. The van der Waals surface area contributed by atoms with E-state index in [2.05, 4.69) is 66.4 Å². The molecule has 4 rings (SSSR count). The van der Waals surface area contributed by atoms with Gasteiger partial charge in [0.2, 0.25) is 0 Å². The van der Waals surface area contributed by atoms with Gasteiger partial charge in [0.05, 0.1) is 13.2 Å². The maximum absolute atomic E-state index is 6.05. The van der Waals surface area contributed by atoms with Gasteiger partial charge >= 0.3 is 0 Å². The molecule has 0 aromatic heterocycles. The molecular weight excluding hydrogens is 286 g/mol. The molecule has 1 unspecified atom stereocenters. The minimum absolute atomic E-state index is 0.342. The quantitative estimate of drug-likeness (QED) is 0.856. The Labute approximate surface area is 137 Å². The fourth-order valence-electron chi connectivity index (χ4n) is 3.92. The summed E-state index contributed by atoms with van der Waals surface area (Å²) in [5, 5.41) is 0. The van der Waals surface area contributed by atoms with Gasteiger partial charge in [0, 0.05) is 24.6 Å². The van der Waals surface area contributed by atoms with Gasteiger partial charge in [0.25, 0.3) is 0 Å². The number of hydrogen-bond donors (Lipinski definition) is 0. The molecule has 1 saturated heterocycles. The summed E-state index contributed by atoms with van der Waals surface area (Å²) in [5.41, 5.74) is 3.92. The zero-order valence-corrected chi connectivity index (χ0v) is 13.6. The molecule has 3 nitrogen and oxygen atoms in total. The topological polar surface area (TPSA) is 21.7 Å². The third-order valence-corrected chi connectivity index (χ3v) is 5.02. The predicted molar refractivity (Wildman–Crippen MR) is 89.9 cm³/mol. The monoisotopic (exact) mass is 309 g/mol. The van der Waals surface area contributed by atoms with Crippen molar-refractivity contribution < 1.29 is 9.47 Å². The Morgan fingerprint density at radius 3 is 2.43 bits per heavy atom. The Balaban J connectivity index is 1.65. The summed E-state index contributed by atoms with van der Waals surface area (Å²) < 4.78 is 12.1. The van der Waals surface area contributed by atoms with Crippen molar-refractivity contribution in [1.29, 1.82) is 0 Å². The molecule has 1 heterocycles. The van der Waals surface area contributed by atoms with Gasteiger partial charge in [0.1, 0.15) is 0 Å². The molecule has 23 heavy (non-hydrogen) atoms. The van der Waals surface area contributed by atoms with Crippen molar-refractivity contribution >= 4 is 0 Å². The molecule has 1 atom stereocenters. The fourth-order valence-corrected chi connectivity index (χ4v) is 3.92. The van der Waals surface area contributed by atoms with Crippen molar-refractivity contribution in [1.82, 2.24) is 4.90 Å². The molecule has 2 aliphatic rings. The lowest BCUT2D eigenvalue weighted by atomic mass is 10.1. The molecule has 0 amide bonds. The van der Waals surface area contributed by atoms with E-state index in [4.69, 9.17) is 9.47 Å². The van der Waals surface area contributed by atoms with Crippen molar-refractivity contribution in [2.45, 2.75) is 31.7 Å². The van der Waals surface area contributed by atoms with Crippen LogP contribution in [-0.4, -0.2) is 24.7 Å². The molecule has 1 spiro atoms. The smallest absolute Gasteiger partial charge is 0.197 e. The van der Waals surface area contributed by atoms with Gasteiger partial charge in [-0.25, -0.2) is 0 Å². The summed E-state index contributed by atoms with van der Waals surface area (Å²) in [4.78, 5) is 2.52. The second kappa shape index (κ2) is 6.08. The molecule has 2 aromatic carbocycles. The second-order valence-corrected chi connectivity index (χ2v) is 6.31. The molecule has 0 radical (unpaired) electrons. The Morgan fingerprint density at radius 1 is 1.00 bits per heavy atom. The van der Waals surface area contributed by atoms with Crippen LogP contribution in [0.4, 0.5) is 0 Å². The van der Waals surface area contributed by atoms with Gasteiger partial charge in [-0.15, -0.1) is 0 Å². The van der Waals surface area contributed by atoms with Gasteiger partial charge in [-0.05, 0) is 17.7 Å². The van der Waals surface area contributed by atoms with Crippen molar-refractivity contribution in [2.75, 3.05) is 19.8 Å². The van der Waals surface area contributed by atoms with E-state index < -0.39 is 5.79 Å². The number of benzene rings is 2. The van der Waals surface area contributed by atoms with Crippen LogP contribution in [0, 0.1) is 0 Å². The highest BCUT2D eigenvalue weighted by Crippen LogP contribution is 2.50.